The molecule has 5 heteroatoms. The molecule has 0 aromatic heterocycles. The van der Waals surface area contributed by atoms with Gasteiger partial charge in [0.25, 0.3) is 0 Å². The van der Waals surface area contributed by atoms with Gasteiger partial charge in [-0.1, -0.05) is 17.7 Å². The number of anilines is 1. The number of methoxy groups -OCH3 is 2. The maximum Gasteiger partial charge on any atom is 0.145 e. The van der Waals surface area contributed by atoms with Crippen molar-refractivity contribution in [2.45, 2.75) is 6.54 Å². The minimum atomic E-state index is -0.419. The van der Waals surface area contributed by atoms with Gasteiger partial charge in [-0.05, 0) is 29.8 Å². The number of ether oxygens (including phenoxy) is 2. The number of halogens is 2. The molecule has 0 fully saturated rings. The number of benzene rings is 2. The molecular formula is C15H15ClFNO2. The van der Waals surface area contributed by atoms with Gasteiger partial charge in [-0.3, -0.25) is 0 Å². The van der Waals surface area contributed by atoms with Crippen LogP contribution in [0.5, 0.6) is 11.5 Å². The Hall–Kier alpha value is -1.94. The maximum absolute atomic E-state index is 13.1. The molecule has 0 aliphatic rings. The van der Waals surface area contributed by atoms with E-state index in [1.807, 2.05) is 12.1 Å². The van der Waals surface area contributed by atoms with Gasteiger partial charge in [0.1, 0.15) is 17.3 Å². The lowest BCUT2D eigenvalue weighted by molar-refractivity contribution is 0.395. The molecule has 0 saturated heterocycles. The van der Waals surface area contributed by atoms with E-state index < -0.39 is 5.82 Å². The largest absolute Gasteiger partial charge is 0.497 e. The lowest BCUT2D eigenvalue weighted by Gasteiger charge is -2.12. The fourth-order valence-corrected chi connectivity index (χ4v) is 1.99. The van der Waals surface area contributed by atoms with E-state index in [1.54, 1.807) is 32.4 Å². The Balaban J connectivity index is 2.12. The van der Waals surface area contributed by atoms with Crippen LogP contribution in [0.3, 0.4) is 0 Å². The fraction of sp³-hybridized carbons (Fsp3) is 0.200. The standard InChI is InChI=1S/C15H15ClFNO2/c1-19-11-4-6-14(15(8-11)20-2)18-9-10-3-5-13(17)12(16)7-10/h3-8,18H,9H2,1-2H3. The predicted molar refractivity (Wildman–Crippen MR) is 78.3 cm³/mol. The van der Waals surface area contributed by atoms with Crippen molar-refractivity contribution >= 4 is 17.3 Å². The molecule has 1 N–H and O–H groups in total. The molecule has 2 rings (SSSR count). The molecule has 0 heterocycles. The maximum atomic E-state index is 13.1. The van der Waals surface area contributed by atoms with Crippen molar-refractivity contribution in [2.24, 2.45) is 0 Å². The van der Waals surface area contributed by atoms with Gasteiger partial charge < -0.3 is 14.8 Å². The van der Waals surface area contributed by atoms with Gasteiger partial charge in [-0.15, -0.1) is 0 Å². The van der Waals surface area contributed by atoms with E-state index in [9.17, 15) is 4.39 Å². The first-order valence-corrected chi connectivity index (χ1v) is 6.41. The third kappa shape index (κ3) is 3.33. The normalized spacial score (nSPS) is 10.2. The Morgan fingerprint density at radius 3 is 2.55 bits per heavy atom. The second kappa shape index (κ2) is 6.48. The highest BCUT2D eigenvalue weighted by atomic mass is 35.5. The first-order chi connectivity index (χ1) is 9.63. The molecule has 0 saturated carbocycles. The van der Waals surface area contributed by atoms with Crippen molar-refractivity contribution in [3.63, 3.8) is 0 Å². The van der Waals surface area contributed by atoms with E-state index in [0.717, 1.165) is 17.0 Å². The molecule has 0 radical (unpaired) electrons. The van der Waals surface area contributed by atoms with Crippen molar-refractivity contribution < 1.29 is 13.9 Å². The molecule has 0 amide bonds. The van der Waals surface area contributed by atoms with Gasteiger partial charge in [0, 0.05) is 12.6 Å². The summed E-state index contributed by atoms with van der Waals surface area (Å²) in [4.78, 5) is 0. The van der Waals surface area contributed by atoms with Crippen molar-refractivity contribution in [1.29, 1.82) is 0 Å². The van der Waals surface area contributed by atoms with Crippen LogP contribution in [-0.4, -0.2) is 14.2 Å². The second-order valence-electron chi connectivity index (χ2n) is 4.17. The molecule has 0 atom stereocenters. The Labute approximate surface area is 122 Å². The summed E-state index contributed by atoms with van der Waals surface area (Å²) in [6, 6.07) is 10.1. The second-order valence-corrected chi connectivity index (χ2v) is 4.58. The summed E-state index contributed by atoms with van der Waals surface area (Å²) >= 11 is 5.75. The number of rotatable bonds is 5. The Morgan fingerprint density at radius 1 is 1.10 bits per heavy atom. The zero-order chi connectivity index (χ0) is 14.5. The molecule has 2 aromatic rings. The number of nitrogens with one attached hydrogen (secondary N) is 1. The molecule has 0 aliphatic carbocycles. The number of hydrogen-bond donors (Lipinski definition) is 1. The quantitative estimate of drug-likeness (QED) is 0.900. The zero-order valence-electron chi connectivity index (χ0n) is 11.2. The fourth-order valence-electron chi connectivity index (χ4n) is 1.79. The topological polar surface area (TPSA) is 30.5 Å². The molecule has 2 aromatic carbocycles. The summed E-state index contributed by atoms with van der Waals surface area (Å²) in [6.45, 7) is 0.517. The van der Waals surface area contributed by atoms with Gasteiger partial charge in [-0.2, -0.15) is 0 Å². The molecule has 106 valence electrons. The van der Waals surface area contributed by atoms with Crippen molar-refractivity contribution in [3.05, 3.63) is 52.8 Å². The van der Waals surface area contributed by atoms with Crippen LogP contribution in [0.15, 0.2) is 36.4 Å². The highest BCUT2D eigenvalue weighted by Crippen LogP contribution is 2.29. The smallest absolute Gasteiger partial charge is 0.145 e. The lowest BCUT2D eigenvalue weighted by atomic mass is 10.2. The molecule has 0 bridgehead atoms. The minimum Gasteiger partial charge on any atom is -0.497 e. The summed E-state index contributed by atoms with van der Waals surface area (Å²) in [5, 5.41) is 3.33. The van der Waals surface area contributed by atoms with Crippen LogP contribution in [0, 0.1) is 5.82 Å². The molecular weight excluding hydrogens is 281 g/mol. The van der Waals surface area contributed by atoms with Gasteiger partial charge >= 0.3 is 0 Å². The van der Waals surface area contributed by atoms with Gasteiger partial charge in [0.15, 0.2) is 0 Å². The Bertz CT molecular complexity index is 604. The van der Waals surface area contributed by atoms with Crippen molar-refractivity contribution in [2.75, 3.05) is 19.5 Å². The van der Waals surface area contributed by atoms with Gasteiger partial charge in [0.05, 0.1) is 24.9 Å². The van der Waals surface area contributed by atoms with Crippen LogP contribution in [0.25, 0.3) is 0 Å². The van der Waals surface area contributed by atoms with Crippen LogP contribution in [0.1, 0.15) is 5.56 Å². The number of hydrogen-bond acceptors (Lipinski definition) is 3. The predicted octanol–water partition coefficient (Wildman–Crippen LogP) is 4.11. The first kappa shape index (κ1) is 14.5. The SMILES string of the molecule is COc1ccc(NCc2ccc(F)c(Cl)c2)c(OC)c1. The van der Waals surface area contributed by atoms with Crippen molar-refractivity contribution in [3.8, 4) is 11.5 Å². The van der Waals surface area contributed by atoms with Crippen LogP contribution in [0.2, 0.25) is 5.02 Å². The van der Waals surface area contributed by atoms with Gasteiger partial charge in [0.2, 0.25) is 0 Å². The lowest BCUT2D eigenvalue weighted by Crippen LogP contribution is -2.02. The van der Waals surface area contributed by atoms with Gasteiger partial charge in [-0.25, -0.2) is 4.39 Å². The molecule has 0 aliphatic heterocycles. The third-order valence-electron chi connectivity index (χ3n) is 2.88. The monoisotopic (exact) mass is 295 g/mol. The summed E-state index contributed by atoms with van der Waals surface area (Å²) in [6.07, 6.45) is 0. The highest BCUT2D eigenvalue weighted by molar-refractivity contribution is 6.30. The molecule has 20 heavy (non-hydrogen) atoms. The van der Waals surface area contributed by atoms with Crippen molar-refractivity contribution in [1.82, 2.24) is 0 Å². The zero-order valence-corrected chi connectivity index (χ0v) is 12.0. The Kier molecular flexibility index (Phi) is 4.69. The summed E-state index contributed by atoms with van der Waals surface area (Å²) in [5.74, 6) is 0.979. The average Bonchev–Trinajstić information content (AvgIpc) is 2.48. The molecule has 3 nitrogen and oxygen atoms in total. The summed E-state index contributed by atoms with van der Waals surface area (Å²) < 4.78 is 23.5. The highest BCUT2D eigenvalue weighted by Gasteiger charge is 2.06. The van der Waals surface area contributed by atoms with Crippen LogP contribution in [-0.2, 0) is 6.54 Å². The minimum absolute atomic E-state index is 0.117. The van der Waals surface area contributed by atoms with E-state index in [-0.39, 0.29) is 5.02 Å². The average molecular weight is 296 g/mol. The van der Waals surface area contributed by atoms with E-state index >= 15 is 0 Å². The van der Waals surface area contributed by atoms with Crippen LogP contribution < -0.4 is 14.8 Å². The van der Waals surface area contributed by atoms with E-state index in [4.69, 9.17) is 21.1 Å². The Morgan fingerprint density at radius 2 is 1.90 bits per heavy atom. The third-order valence-corrected chi connectivity index (χ3v) is 3.17. The first-order valence-electron chi connectivity index (χ1n) is 6.04. The molecule has 0 unspecified atom stereocenters. The van der Waals surface area contributed by atoms with Crippen LogP contribution in [0.4, 0.5) is 10.1 Å². The van der Waals surface area contributed by atoms with Crippen LogP contribution >= 0.6 is 11.6 Å². The molecule has 0 spiro atoms. The van der Waals surface area contributed by atoms with E-state index in [1.165, 1.54) is 6.07 Å². The van der Waals surface area contributed by atoms with E-state index in [2.05, 4.69) is 5.32 Å². The summed E-state index contributed by atoms with van der Waals surface area (Å²) in [7, 11) is 3.19. The van der Waals surface area contributed by atoms with E-state index in [0.29, 0.717) is 12.3 Å². The summed E-state index contributed by atoms with van der Waals surface area (Å²) in [5.41, 5.74) is 1.71.